The van der Waals surface area contributed by atoms with Crippen molar-refractivity contribution in [2.45, 2.75) is 47.1 Å². The van der Waals surface area contributed by atoms with Crippen LogP contribution in [-0.2, 0) is 4.74 Å². The van der Waals surface area contributed by atoms with Crippen molar-refractivity contribution in [2.24, 2.45) is 0 Å². The predicted molar refractivity (Wildman–Crippen MR) is 137 cm³/mol. The highest BCUT2D eigenvalue weighted by atomic mass is 16.6. The smallest absolute Gasteiger partial charge is 0.291 e. The number of nitro groups is 1. The van der Waals surface area contributed by atoms with Gasteiger partial charge in [-0.3, -0.25) is 14.9 Å². The fraction of sp³-hybridized carbons (Fsp3) is 0.321. The molecule has 3 rings (SSSR count). The number of hydrogen-bond acceptors (Lipinski definition) is 6. The molecule has 7 heteroatoms. The van der Waals surface area contributed by atoms with E-state index >= 15 is 0 Å². The van der Waals surface area contributed by atoms with Crippen molar-refractivity contribution in [3.63, 3.8) is 0 Å². The third-order valence-corrected chi connectivity index (χ3v) is 5.80. The molecule has 184 valence electrons. The van der Waals surface area contributed by atoms with E-state index in [1.807, 2.05) is 26.8 Å². The average Bonchev–Trinajstić information content (AvgIpc) is 3.25. The number of allylic oxidation sites excluding steroid dienone is 6. The van der Waals surface area contributed by atoms with E-state index in [1.165, 1.54) is 19.2 Å². The van der Waals surface area contributed by atoms with Gasteiger partial charge in [-0.1, -0.05) is 41.0 Å². The molecule has 1 aliphatic rings. The van der Waals surface area contributed by atoms with Gasteiger partial charge in [-0.25, -0.2) is 0 Å². The van der Waals surface area contributed by atoms with Gasteiger partial charge in [0.1, 0.15) is 11.9 Å². The van der Waals surface area contributed by atoms with Gasteiger partial charge in [0.15, 0.2) is 5.43 Å². The van der Waals surface area contributed by atoms with Crippen LogP contribution in [0.25, 0.3) is 6.08 Å². The van der Waals surface area contributed by atoms with Crippen molar-refractivity contribution in [2.75, 3.05) is 13.7 Å². The fourth-order valence-corrected chi connectivity index (χ4v) is 4.19. The fourth-order valence-electron chi connectivity index (χ4n) is 4.19. The molecule has 1 atom stereocenters. The van der Waals surface area contributed by atoms with Crippen molar-refractivity contribution in [1.82, 2.24) is 0 Å². The molecule has 1 aromatic heterocycles. The number of benzene rings is 1. The molecule has 2 heterocycles. The first-order chi connectivity index (χ1) is 16.6. The summed E-state index contributed by atoms with van der Waals surface area (Å²) in [6.07, 6.45) is 8.56. The van der Waals surface area contributed by atoms with E-state index in [0.717, 1.165) is 27.9 Å². The lowest BCUT2D eigenvalue weighted by Crippen LogP contribution is -2.15. The highest BCUT2D eigenvalue weighted by molar-refractivity contribution is 5.57. The molecule has 0 bridgehead atoms. The lowest BCUT2D eigenvalue weighted by atomic mass is 10.0. The van der Waals surface area contributed by atoms with Crippen molar-refractivity contribution in [1.29, 1.82) is 0 Å². The molecular formula is C28H31NO6. The number of ether oxygens (including phenoxy) is 2. The molecule has 0 saturated carbocycles. The molecule has 0 spiro atoms. The van der Waals surface area contributed by atoms with Crippen LogP contribution in [-0.4, -0.2) is 18.6 Å². The summed E-state index contributed by atoms with van der Waals surface area (Å²) >= 11 is 0. The van der Waals surface area contributed by atoms with E-state index in [4.69, 9.17) is 13.9 Å². The van der Waals surface area contributed by atoms with E-state index in [0.29, 0.717) is 29.9 Å². The van der Waals surface area contributed by atoms with Crippen molar-refractivity contribution in [3.8, 4) is 5.95 Å². The summed E-state index contributed by atoms with van der Waals surface area (Å²) in [6, 6.07) is 6.48. The second-order valence-corrected chi connectivity index (χ2v) is 8.86. The largest absolute Gasteiger partial charge is 0.468 e. The molecule has 0 N–H and O–H groups in total. The first-order valence-electron chi connectivity index (χ1n) is 11.4. The first kappa shape index (κ1) is 25.9. The lowest BCUT2D eigenvalue weighted by molar-refractivity contribution is -0.384. The normalized spacial score (nSPS) is 18.3. The Balaban J connectivity index is 1.71. The lowest BCUT2D eigenvalue weighted by Gasteiger charge is -2.13. The number of rotatable bonds is 7. The van der Waals surface area contributed by atoms with Crippen LogP contribution in [0.4, 0.5) is 5.69 Å². The summed E-state index contributed by atoms with van der Waals surface area (Å²) in [4.78, 5) is 22.9. The molecule has 2 aromatic rings. The number of nitrogens with zero attached hydrogens (tertiary/aromatic N) is 1. The Morgan fingerprint density at radius 1 is 1.06 bits per heavy atom. The highest BCUT2D eigenvalue weighted by Crippen LogP contribution is 2.35. The van der Waals surface area contributed by atoms with E-state index in [2.05, 4.69) is 18.2 Å². The summed E-state index contributed by atoms with van der Waals surface area (Å²) in [5.41, 5.74) is 6.23. The molecule has 1 aromatic carbocycles. The topological polar surface area (TPSA) is 91.8 Å². The minimum absolute atomic E-state index is 0.0788. The van der Waals surface area contributed by atoms with Crippen molar-refractivity contribution < 1.29 is 18.8 Å². The zero-order valence-corrected chi connectivity index (χ0v) is 21.0. The Kier molecular flexibility index (Phi) is 8.25. The minimum atomic E-state index is -0.404. The van der Waals surface area contributed by atoms with Crippen LogP contribution in [0.2, 0.25) is 0 Å². The van der Waals surface area contributed by atoms with Crippen LogP contribution in [0.3, 0.4) is 0 Å². The molecule has 1 saturated heterocycles. The van der Waals surface area contributed by atoms with Crippen LogP contribution < -0.4 is 10.2 Å². The average molecular weight is 478 g/mol. The van der Waals surface area contributed by atoms with Gasteiger partial charge in [-0.05, 0) is 57.9 Å². The summed E-state index contributed by atoms with van der Waals surface area (Å²) < 4.78 is 17.0. The molecule has 0 aliphatic carbocycles. The standard InChI is InChI=1S/C28H31NO6/c1-17(11-18(2)13-22-7-9-24(10-8-22)29(31)32)12-19(3)14-23-15-25(34-16-23)27-20(4)26(30)21(5)28(33-6)35-27/h7-14,25H,15-16H2,1-6H3/b17-11-,18-13+,19-12-,23-14-/t25-/m1/s1. The van der Waals surface area contributed by atoms with Gasteiger partial charge >= 0.3 is 0 Å². The van der Waals surface area contributed by atoms with Crippen LogP contribution in [0.5, 0.6) is 5.95 Å². The SMILES string of the molecule is COc1oc([C@H]2C/C(=C/C(C)=C\C(C)=C/C(C)=C/c3ccc([N+](=O)[O-])cc3)CO2)c(C)c(=O)c1C. The van der Waals surface area contributed by atoms with E-state index < -0.39 is 4.92 Å². The van der Waals surface area contributed by atoms with E-state index in [-0.39, 0.29) is 23.2 Å². The molecule has 0 radical (unpaired) electrons. The van der Waals surface area contributed by atoms with Crippen LogP contribution in [0.15, 0.2) is 74.0 Å². The molecule has 0 amide bonds. The zero-order chi connectivity index (χ0) is 25.7. The molecule has 1 aliphatic heterocycles. The molecule has 7 nitrogen and oxygen atoms in total. The monoisotopic (exact) mass is 477 g/mol. The number of nitro benzene ring substituents is 1. The molecule has 1 fully saturated rings. The Morgan fingerprint density at radius 3 is 2.34 bits per heavy atom. The van der Waals surface area contributed by atoms with Gasteiger partial charge in [-0.2, -0.15) is 0 Å². The van der Waals surface area contributed by atoms with Gasteiger partial charge in [0, 0.05) is 24.1 Å². The van der Waals surface area contributed by atoms with E-state index in [1.54, 1.807) is 26.0 Å². The predicted octanol–water partition coefficient (Wildman–Crippen LogP) is 6.56. The van der Waals surface area contributed by atoms with Gasteiger partial charge in [0.2, 0.25) is 0 Å². The molecule has 35 heavy (non-hydrogen) atoms. The van der Waals surface area contributed by atoms with Gasteiger partial charge in [-0.15, -0.1) is 0 Å². The van der Waals surface area contributed by atoms with Gasteiger partial charge < -0.3 is 13.9 Å². The van der Waals surface area contributed by atoms with Crippen molar-refractivity contribution in [3.05, 3.63) is 108 Å². The summed E-state index contributed by atoms with van der Waals surface area (Å²) in [6.45, 7) is 9.97. The van der Waals surface area contributed by atoms with Crippen molar-refractivity contribution >= 4 is 11.8 Å². The third kappa shape index (κ3) is 6.45. The molecular weight excluding hydrogens is 446 g/mol. The maximum Gasteiger partial charge on any atom is 0.291 e. The third-order valence-electron chi connectivity index (χ3n) is 5.80. The Bertz CT molecular complexity index is 1290. The number of hydrogen-bond donors (Lipinski definition) is 0. The number of methoxy groups -OCH3 is 1. The summed E-state index contributed by atoms with van der Waals surface area (Å²) in [5.74, 6) is 0.746. The molecule has 0 unspecified atom stereocenters. The highest BCUT2D eigenvalue weighted by Gasteiger charge is 2.28. The first-order valence-corrected chi connectivity index (χ1v) is 11.4. The Morgan fingerprint density at radius 2 is 1.71 bits per heavy atom. The van der Waals surface area contributed by atoms with Gasteiger partial charge in [0.05, 0.1) is 24.2 Å². The number of non-ortho nitro benzene ring substituents is 1. The maximum absolute atomic E-state index is 12.5. The second-order valence-electron chi connectivity index (χ2n) is 8.86. The maximum atomic E-state index is 12.5. The minimum Gasteiger partial charge on any atom is -0.468 e. The van der Waals surface area contributed by atoms with E-state index in [9.17, 15) is 14.9 Å². The Labute approximate surface area is 205 Å². The quantitative estimate of drug-likeness (QED) is 0.255. The van der Waals surface area contributed by atoms with Crippen LogP contribution in [0, 0.1) is 24.0 Å². The van der Waals surface area contributed by atoms with Crippen LogP contribution >= 0.6 is 0 Å². The van der Waals surface area contributed by atoms with Gasteiger partial charge in [0.25, 0.3) is 11.6 Å². The second kappa shape index (κ2) is 11.1. The summed E-state index contributed by atoms with van der Waals surface area (Å²) in [7, 11) is 1.48. The Hall–Kier alpha value is -3.71. The van der Waals surface area contributed by atoms with Crippen LogP contribution in [0.1, 0.15) is 55.7 Å². The summed E-state index contributed by atoms with van der Waals surface area (Å²) in [5, 5.41) is 10.8. The zero-order valence-electron chi connectivity index (χ0n) is 21.0.